The number of H-pyrrole nitrogens is 1. The number of aromatic amines is 1. The minimum atomic E-state index is -3.60. The predicted octanol–water partition coefficient (Wildman–Crippen LogP) is 1.78. The van der Waals surface area contributed by atoms with E-state index in [4.69, 9.17) is 0 Å². The number of benzene rings is 2. The lowest BCUT2D eigenvalue weighted by atomic mass is 10.1. The van der Waals surface area contributed by atoms with E-state index in [2.05, 4.69) is 15.8 Å². The molecule has 2 amide bonds. The summed E-state index contributed by atoms with van der Waals surface area (Å²) < 4.78 is 26.9. The van der Waals surface area contributed by atoms with Gasteiger partial charge in [-0.25, -0.2) is 8.42 Å². The van der Waals surface area contributed by atoms with Gasteiger partial charge in [-0.3, -0.25) is 25.2 Å². The van der Waals surface area contributed by atoms with E-state index < -0.39 is 27.3 Å². The van der Waals surface area contributed by atoms with Gasteiger partial charge in [0.15, 0.2) is 0 Å². The molecule has 3 N–H and O–H groups in total. The maximum atomic E-state index is 12.7. The SMILES string of the molecule is O=C(NNC(=O)c1c[nH]c2ccccc2c1=O)c1ccc(S(=O)(=O)N2CCCCC2)cc1. The number of carbonyl (C=O) groups excluding carboxylic acids is 2. The highest BCUT2D eigenvalue weighted by atomic mass is 32.2. The van der Waals surface area contributed by atoms with Crippen LogP contribution in [0.4, 0.5) is 0 Å². The van der Waals surface area contributed by atoms with Gasteiger partial charge in [-0.2, -0.15) is 4.31 Å². The summed E-state index contributed by atoms with van der Waals surface area (Å²) in [6.45, 7) is 0.981. The second-order valence-corrected chi connectivity index (χ2v) is 9.41. The first-order chi connectivity index (χ1) is 15.4. The van der Waals surface area contributed by atoms with Crippen molar-refractivity contribution in [2.24, 2.45) is 0 Å². The fourth-order valence-corrected chi connectivity index (χ4v) is 5.14. The molecule has 1 aliphatic rings. The number of para-hydroxylation sites is 1. The molecule has 32 heavy (non-hydrogen) atoms. The molecule has 10 heteroatoms. The number of nitrogens with one attached hydrogen (secondary N) is 3. The van der Waals surface area contributed by atoms with Gasteiger partial charge in [-0.15, -0.1) is 0 Å². The average Bonchev–Trinajstić information content (AvgIpc) is 2.83. The number of aromatic nitrogens is 1. The van der Waals surface area contributed by atoms with Crippen LogP contribution in [0.2, 0.25) is 0 Å². The molecule has 2 heterocycles. The maximum absolute atomic E-state index is 12.7. The van der Waals surface area contributed by atoms with Gasteiger partial charge in [0.1, 0.15) is 5.56 Å². The van der Waals surface area contributed by atoms with E-state index in [1.165, 1.54) is 34.8 Å². The van der Waals surface area contributed by atoms with E-state index in [9.17, 15) is 22.8 Å². The Morgan fingerprint density at radius 2 is 1.53 bits per heavy atom. The van der Waals surface area contributed by atoms with Crippen molar-refractivity contribution in [1.29, 1.82) is 0 Å². The molecule has 0 spiro atoms. The summed E-state index contributed by atoms with van der Waals surface area (Å²) in [6.07, 6.45) is 3.97. The predicted molar refractivity (Wildman–Crippen MR) is 119 cm³/mol. The van der Waals surface area contributed by atoms with Crippen LogP contribution in [0.25, 0.3) is 10.9 Å². The molecule has 1 aliphatic heterocycles. The summed E-state index contributed by atoms with van der Waals surface area (Å²) in [5.74, 6) is -1.41. The van der Waals surface area contributed by atoms with Crippen LogP contribution in [0.3, 0.4) is 0 Å². The number of fused-ring (bicyclic) bond motifs is 1. The molecule has 3 aromatic rings. The molecule has 1 fully saturated rings. The van der Waals surface area contributed by atoms with E-state index >= 15 is 0 Å². The molecule has 0 saturated carbocycles. The molecule has 2 aromatic carbocycles. The highest BCUT2D eigenvalue weighted by Crippen LogP contribution is 2.20. The Balaban J connectivity index is 1.43. The van der Waals surface area contributed by atoms with Gasteiger partial charge in [0.2, 0.25) is 15.5 Å². The highest BCUT2D eigenvalue weighted by molar-refractivity contribution is 7.89. The highest BCUT2D eigenvalue weighted by Gasteiger charge is 2.26. The zero-order chi connectivity index (χ0) is 22.7. The van der Waals surface area contributed by atoms with Crippen LogP contribution in [0, 0.1) is 0 Å². The summed E-state index contributed by atoms with van der Waals surface area (Å²) in [7, 11) is -3.60. The summed E-state index contributed by atoms with van der Waals surface area (Å²) in [5, 5.41) is 0.358. The van der Waals surface area contributed by atoms with Crippen LogP contribution < -0.4 is 16.3 Å². The zero-order valence-corrected chi connectivity index (χ0v) is 17.9. The Morgan fingerprint density at radius 3 is 2.25 bits per heavy atom. The van der Waals surface area contributed by atoms with Crippen molar-refractivity contribution in [3.8, 4) is 0 Å². The number of rotatable bonds is 4. The number of hydrogen-bond acceptors (Lipinski definition) is 5. The Kier molecular flexibility index (Phi) is 6.06. The van der Waals surface area contributed by atoms with Gasteiger partial charge in [0.05, 0.1) is 4.90 Å². The van der Waals surface area contributed by atoms with Gasteiger partial charge in [0, 0.05) is 35.8 Å². The normalized spacial score (nSPS) is 14.8. The zero-order valence-electron chi connectivity index (χ0n) is 17.1. The standard InChI is InChI=1S/C22H22N4O5S/c27-20-17-6-2-3-7-19(17)23-14-18(20)22(29)25-24-21(28)15-8-10-16(11-9-15)32(30,31)26-12-4-1-5-13-26/h2-3,6-11,14H,1,4-5,12-13H2,(H,23,27)(H,24,28)(H,25,29). The van der Waals surface area contributed by atoms with Crippen LogP contribution in [-0.2, 0) is 10.0 Å². The van der Waals surface area contributed by atoms with Crippen molar-refractivity contribution < 1.29 is 18.0 Å². The lowest BCUT2D eigenvalue weighted by Gasteiger charge is -2.25. The Hall–Kier alpha value is -3.50. The van der Waals surface area contributed by atoms with E-state index in [1.54, 1.807) is 24.3 Å². The first-order valence-electron chi connectivity index (χ1n) is 10.2. The average molecular weight is 455 g/mol. The van der Waals surface area contributed by atoms with Crippen LogP contribution >= 0.6 is 0 Å². The third kappa shape index (κ3) is 4.27. The second-order valence-electron chi connectivity index (χ2n) is 7.47. The van der Waals surface area contributed by atoms with Crippen molar-refractivity contribution in [1.82, 2.24) is 20.1 Å². The van der Waals surface area contributed by atoms with E-state index in [0.29, 0.717) is 24.0 Å². The summed E-state index contributed by atoms with van der Waals surface area (Å²) in [4.78, 5) is 40.2. The summed E-state index contributed by atoms with van der Waals surface area (Å²) >= 11 is 0. The molecule has 0 radical (unpaired) electrons. The third-order valence-corrected chi connectivity index (χ3v) is 7.30. The fourth-order valence-electron chi connectivity index (χ4n) is 3.62. The molecule has 0 bridgehead atoms. The first kappa shape index (κ1) is 21.7. The number of hydrazine groups is 1. The molecule has 0 aliphatic carbocycles. The molecule has 166 valence electrons. The molecule has 9 nitrogen and oxygen atoms in total. The quantitative estimate of drug-likeness (QED) is 0.518. The van der Waals surface area contributed by atoms with Crippen LogP contribution in [0.5, 0.6) is 0 Å². The van der Waals surface area contributed by atoms with Crippen molar-refractivity contribution >= 4 is 32.7 Å². The van der Waals surface area contributed by atoms with Crippen LogP contribution in [0.1, 0.15) is 40.0 Å². The monoisotopic (exact) mass is 454 g/mol. The molecule has 1 aromatic heterocycles. The van der Waals surface area contributed by atoms with Gasteiger partial charge >= 0.3 is 0 Å². The van der Waals surface area contributed by atoms with Gasteiger partial charge in [-0.05, 0) is 49.2 Å². The van der Waals surface area contributed by atoms with Gasteiger partial charge < -0.3 is 4.98 Å². The Labute approximate surface area is 184 Å². The number of piperidine rings is 1. The Bertz CT molecular complexity index is 1330. The van der Waals surface area contributed by atoms with Crippen molar-refractivity contribution in [2.45, 2.75) is 24.2 Å². The number of hydrogen-bond donors (Lipinski definition) is 3. The molecular weight excluding hydrogens is 432 g/mol. The number of amides is 2. The maximum Gasteiger partial charge on any atom is 0.275 e. The molecule has 4 rings (SSSR count). The molecule has 0 atom stereocenters. The largest absolute Gasteiger partial charge is 0.360 e. The fraction of sp³-hybridized carbons (Fsp3) is 0.227. The lowest BCUT2D eigenvalue weighted by molar-refractivity contribution is 0.0846. The minimum Gasteiger partial charge on any atom is -0.360 e. The number of pyridine rings is 1. The smallest absolute Gasteiger partial charge is 0.275 e. The first-order valence-corrected chi connectivity index (χ1v) is 11.6. The molecule has 0 unspecified atom stereocenters. The number of nitrogens with zero attached hydrogens (tertiary/aromatic N) is 1. The van der Waals surface area contributed by atoms with Crippen molar-refractivity contribution in [3.05, 3.63) is 76.1 Å². The van der Waals surface area contributed by atoms with Crippen LogP contribution in [-0.4, -0.2) is 42.6 Å². The minimum absolute atomic E-state index is 0.114. The van der Waals surface area contributed by atoms with Gasteiger partial charge in [0.25, 0.3) is 11.8 Å². The number of sulfonamides is 1. The molecule has 1 saturated heterocycles. The van der Waals surface area contributed by atoms with Gasteiger partial charge in [-0.1, -0.05) is 18.6 Å². The number of carbonyl (C=O) groups is 2. The second kappa shape index (κ2) is 8.93. The summed E-state index contributed by atoms with van der Waals surface area (Å²) in [6, 6.07) is 12.3. The summed E-state index contributed by atoms with van der Waals surface area (Å²) in [5.41, 5.74) is 4.61. The van der Waals surface area contributed by atoms with Crippen molar-refractivity contribution in [3.63, 3.8) is 0 Å². The lowest BCUT2D eigenvalue weighted by Crippen LogP contribution is -2.43. The topological polar surface area (TPSA) is 128 Å². The Morgan fingerprint density at radius 1 is 0.875 bits per heavy atom. The molecular formula is C22H22N4O5S. The third-order valence-electron chi connectivity index (χ3n) is 5.39. The van der Waals surface area contributed by atoms with Crippen molar-refractivity contribution in [2.75, 3.05) is 13.1 Å². The van der Waals surface area contributed by atoms with E-state index in [0.717, 1.165) is 19.3 Å². The van der Waals surface area contributed by atoms with E-state index in [-0.39, 0.29) is 16.0 Å². The van der Waals surface area contributed by atoms with E-state index in [1.807, 2.05) is 0 Å². The van der Waals surface area contributed by atoms with Crippen LogP contribution in [0.15, 0.2) is 64.4 Å².